The molecule has 3 aromatic rings. The molecule has 0 bridgehead atoms. The second kappa shape index (κ2) is 7.39. The van der Waals surface area contributed by atoms with Crippen molar-refractivity contribution in [2.24, 2.45) is 0 Å². The summed E-state index contributed by atoms with van der Waals surface area (Å²) in [5, 5.41) is 5.88. The van der Waals surface area contributed by atoms with Gasteiger partial charge in [-0.25, -0.2) is 13.4 Å². The fourth-order valence-corrected chi connectivity index (χ4v) is 3.68. The van der Waals surface area contributed by atoms with Gasteiger partial charge >= 0.3 is 0 Å². The standard InChI is InChI=1S/C19H18N2O3S2/c1-13-21-18(12-25-13)15-5-3-14(4-6-15)11-20-19(22)16-7-9-17(10-8-16)26(2,23)24/h3-10,12H,11H2,1-2H3,(H,20,22). The summed E-state index contributed by atoms with van der Waals surface area (Å²) in [6.45, 7) is 2.36. The normalized spacial score (nSPS) is 11.3. The van der Waals surface area contributed by atoms with Gasteiger partial charge in [-0.2, -0.15) is 0 Å². The van der Waals surface area contributed by atoms with E-state index in [0.29, 0.717) is 12.1 Å². The van der Waals surface area contributed by atoms with Crippen molar-refractivity contribution >= 4 is 27.1 Å². The van der Waals surface area contributed by atoms with Crippen LogP contribution < -0.4 is 5.32 Å². The Morgan fingerprint density at radius 2 is 1.73 bits per heavy atom. The van der Waals surface area contributed by atoms with Crippen molar-refractivity contribution < 1.29 is 13.2 Å². The molecule has 0 saturated heterocycles. The predicted molar refractivity (Wildman–Crippen MR) is 103 cm³/mol. The number of nitrogens with one attached hydrogen (secondary N) is 1. The maximum absolute atomic E-state index is 12.2. The number of benzene rings is 2. The third-order valence-electron chi connectivity index (χ3n) is 3.87. The van der Waals surface area contributed by atoms with Gasteiger partial charge in [0.25, 0.3) is 5.91 Å². The van der Waals surface area contributed by atoms with E-state index in [2.05, 4.69) is 10.3 Å². The highest BCUT2D eigenvalue weighted by molar-refractivity contribution is 7.90. The summed E-state index contributed by atoms with van der Waals surface area (Å²) in [5.41, 5.74) is 3.39. The van der Waals surface area contributed by atoms with Crippen molar-refractivity contribution in [3.05, 3.63) is 70.0 Å². The number of hydrogen-bond acceptors (Lipinski definition) is 5. The van der Waals surface area contributed by atoms with Crippen LogP contribution in [0.4, 0.5) is 0 Å². The number of nitrogens with zero attached hydrogens (tertiary/aromatic N) is 1. The second-order valence-corrected chi connectivity index (χ2v) is 9.01. The van der Waals surface area contributed by atoms with Crippen LogP contribution in [0, 0.1) is 6.92 Å². The molecule has 3 rings (SSSR count). The molecule has 134 valence electrons. The summed E-state index contributed by atoms with van der Waals surface area (Å²) < 4.78 is 22.9. The molecule has 0 saturated carbocycles. The van der Waals surface area contributed by atoms with Gasteiger partial charge in [-0.05, 0) is 36.8 Å². The molecule has 2 aromatic carbocycles. The summed E-state index contributed by atoms with van der Waals surface area (Å²) in [5.74, 6) is -0.246. The van der Waals surface area contributed by atoms with Gasteiger partial charge in [0.15, 0.2) is 9.84 Å². The molecule has 1 N–H and O–H groups in total. The number of aryl methyl sites for hydroxylation is 1. The van der Waals surface area contributed by atoms with E-state index in [0.717, 1.165) is 28.1 Å². The van der Waals surface area contributed by atoms with Crippen molar-refractivity contribution in [1.29, 1.82) is 0 Å². The summed E-state index contributed by atoms with van der Waals surface area (Å²) in [7, 11) is -3.26. The molecule has 0 aliphatic rings. The van der Waals surface area contributed by atoms with Crippen LogP contribution in [0.15, 0.2) is 58.8 Å². The van der Waals surface area contributed by atoms with Crippen molar-refractivity contribution in [2.45, 2.75) is 18.4 Å². The Morgan fingerprint density at radius 3 is 2.27 bits per heavy atom. The molecule has 0 aliphatic heterocycles. The molecular formula is C19H18N2O3S2. The fraction of sp³-hybridized carbons (Fsp3) is 0.158. The van der Waals surface area contributed by atoms with Crippen molar-refractivity contribution in [3.8, 4) is 11.3 Å². The number of amides is 1. The minimum atomic E-state index is -3.26. The molecule has 5 nitrogen and oxygen atoms in total. The maximum atomic E-state index is 12.2. The first-order chi connectivity index (χ1) is 12.3. The number of rotatable bonds is 5. The monoisotopic (exact) mass is 386 g/mol. The second-order valence-electron chi connectivity index (χ2n) is 5.93. The molecule has 0 spiro atoms. The number of thiazole rings is 1. The Kier molecular flexibility index (Phi) is 5.20. The largest absolute Gasteiger partial charge is 0.348 e. The first-order valence-electron chi connectivity index (χ1n) is 7.93. The van der Waals surface area contributed by atoms with Gasteiger partial charge < -0.3 is 5.32 Å². The van der Waals surface area contributed by atoms with E-state index in [1.165, 1.54) is 24.3 Å². The highest BCUT2D eigenvalue weighted by Gasteiger charge is 2.10. The SMILES string of the molecule is Cc1nc(-c2ccc(CNC(=O)c3ccc(S(C)(=O)=O)cc3)cc2)cs1. The quantitative estimate of drug-likeness (QED) is 0.729. The van der Waals surface area contributed by atoms with E-state index < -0.39 is 9.84 Å². The Morgan fingerprint density at radius 1 is 1.08 bits per heavy atom. The minimum Gasteiger partial charge on any atom is -0.348 e. The summed E-state index contributed by atoms with van der Waals surface area (Å²) in [4.78, 5) is 16.9. The van der Waals surface area contributed by atoms with Crippen LogP contribution in [0.2, 0.25) is 0 Å². The summed E-state index contributed by atoms with van der Waals surface area (Å²) >= 11 is 1.61. The lowest BCUT2D eigenvalue weighted by atomic mass is 10.1. The minimum absolute atomic E-state index is 0.196. The highest BCUT2D eigenvalue weighted by Crippen LogP contribution is 2.21. The Balaban J connectivity index is 1.62. The molecule has 0 aliphatic carbocycles. The number of aromatic nitrogens is 1. The highest BCUT2D eigenvalue weighted by atomic mass is 32.2. The van der Waals surface area contributed by atoms with E-state index in [1.54, 1.807) is 11.3 Å². The first kappa shape index (κ1) is 18.3. The molecule has 0 fully saturated rings. The van der Waals surface area contributed by atoms with Crippen LogP contribution in [0.3, 0.4) is 0 Å². The van der Waals surface area contributed by atoms with Crippen LogP contribution in [0.25, 0.3) is 11.3 Å². The van der Waals surface area contributed by atoms with Gasteiger partial charge in [0.1, 0.15) is 0 Å². The smallest absolute Gasteiger partial charge is 0.251 e. The van der Waals surface area contributed by atoms with E-state index in [-0.39, 0.29) is 10.8 Å². The Bertz CT molecular complexity index is 1020. The van der Waals surface area contributed by atoms with Crippen molar-refractivity contribution in [3.63, 3.8) is 0 Å². The number of carbonyl (C=O) groups is 1. The lowest BCUT2D eigenvalue weighted by Crippen LogP contribution is -2.22. The summed E-state index contributed by atoms with van der Waals surface area (Å²) in [6.07, 6.45) is 1.14. The Labute approximate surface area is 156 Å². The number of carbonyl (C=O) groups excluding carboxylic acids is 1. The molecule has 0 radical (unpaired) electrons. The fourth-order valence-electron chi connectivity index (χ4n) is 2.43. The lowest BCUT2D eigenvalue weighted by molar-refractivity contribution is 0.0951. The van der Waals surface area contributed by atoms with Gasteiger partial charge in [0.2, 0.25) is 0 Å². The zero-order chi connectivity index (χ0) is 18.7. The maximum Gasteiger partial charge on any atom is 0.251 e. The number of hydrogen-bond donors (Lipinski definition) is 1. The molecule has 1 amide bonds. The van der Waals surface area contributed by atoms with Crippen LogP contribution in [-0.2, 0) is 16.4 Å². The predicted octanol–water partition coefficient (Wildman–Crippen LogP) is 3.45. The summed E-state index contributed by atoms with van der Waals surface area (Å²) in [6, 6.07) is 13.8. The molecule has 7 heteroatoms. The average molecular weight is 386 g/mol. The van der Waals surface area contributed by atoms with Crippen LogP contribution >= 0.6 is 11.3 Å². The zero-order valence-electron chi connectivity index (χ0n) is 14.4. The topological polar surface area (TPSA) is 76.1 Å². The van der Waals surface area contributed by atoms with Gasteiger partial charge in [-0.15, -0.1) is 11.3 Å². The lowest BCUT2D eigenvalue weighted by Gasteiger charge is -2.07. The van der Waals surface area contributed by atoms with Gasteiger partial charge in [0.05, 0.1) is 15.6 Å². The van der Waals surface area contributed by atoms with Crippen molar-refractivity contribution in [2.75, 3.05) is 6.26 Å². The molecule has 1 aromatic heterocycles. The molecule has 0 unspecified atom stereocenters. The average Bonchev–Trinajstić information content (AvgIpc) is 3.06. The van der Waals surface area contributed by atoms with Crippen LogP contribution in [-0.4, -0.2) is 25.6 Å². The van der Waals surface area contributed by atoms with Crippen LogP contribution in [0.1, 0.15) is 20.9 Å². The Hall–Kier alpha value is -2.51. The first-order valence-corrected chi connectivity index (χ1v) is 10.7. The third kappa shape index (κ3) is 4.36. The van der Waals surface area contributed by atoms with E-state index in [9.17, 15) is 13.2 Å². The van der Waals surface area contributed by atoms with Gasteiger partial charge in [0, 0.05) is 29.3 Å². The zero-order valence-corrected chi connectivity index (χ0v) is 16.0. The van der Waals surface area contributed by atoms with Gasteiger partial charge in [-0.3, -0.25) is 4.79 Å². The molecule has 26 heavy (non-hydrogen) atoms. The van der Waals surface area contributed by atoms with Gasteiger partial charge in [-0.1, -0.05) is 24.3 Å². The molecular weight excluding hydrogens is 368 g/mol. The molecule has 1 heterocycles. The van der Waals surface area contributed by atoms with Crippen LogP contribution in [0.5, 0.6) is 0 Å². The van der Waals surface area contributed by atoms with E-state index in [1.807, 2.05) is 36.6 Å². The third-order valence-corrected chi connectivity index (χ3v) is 5.77. The van der Waals surface area contributed by atoms with E-state index >= 15 is 0 Å². The molecule has 0 atom stereocenters. The number of sulfone groups is 1. The van der Waals surface area contributed by atoms with E-state index in [4.69, 9.17) is 0 Å². The van der Waals surface area contributed by atoms with Crippen molar-refractivity contribution in [1.82, 2.24) is 10.3 Å².